The second-order valence-corrected chi connectivity index (χ2v) is 9.99. The first-order valence-electron chi connectivity index (χ1n) is 9.14. The van der Waals surface area contributed by atoms with Gasteiger partial charge in [-0.15, -0.1) is 0 Å². The molecule has 1 aromatic heterocycles. The largest absolute Gasteiger partial charge is 0.324 e. The van der Waals surface area contributed by atoms with Gasteiger partial charge in [0.25, 0.3) is 0 Å². The average molecular weight is 425 g/mol. The number of nitrogens with zero attached hydrogens (tertiary/aromatic N) is 3. The Balaban J connectivity index is 1.65. The molecule has 152 valence electrons. The van der Waals surface area contributed by atoms with Gasteiger partial charge in [-0.25, -0.2) is 8.42 Å². The molecule has 1 aliphatic rings. The van der Waals surface area contributed by atoms with Crippen LogP contribution in [0.4, 0.5) is 5.69 Å². The van der Waals surface area contributed by atoms with Crippen molar-refractivity contribution in [1.29, 1.82) is 0 Å². The third-order valence-corrected chi connectivity index (χ3v) is 7.10. The molecule has 2 aromatic rings. The predicted octanol–water partition coefficient (Wildman–Crippen LogP) is 2.58. The Kier molecular flexibility index (Phi) is 6.12. The summed E-state index contributed by atoms with van der Waals surface area (Å²) in [5, 5.41) is 7.89. The fraction of sp³-hybridized carbons (Fsp3) is 0.474. The highest BCUT2D eigenvalue weighted by atomic mass is 35.5. The van der Waals surface area contributed by atoms with Crippen LogP contribution in [-0.4, -0.2) is 54.1 Å². The van der Waals surface area contributed by atoms with Gasteiger partial charge in [0.1, 0.15) is 0 Å². The molecule has 2 heterocycles. The molecule has 3 rings (SSSR count). The van der Waals surface area contributed by atoms with Crippen molar-refractivity contribution in [2.75, 3.05) is 30.4 Å². The molecule has 0 bridgehead atoms. The minimum Gasteiger partial charge on any atom is -0.324 e. The number of sulfone groups is 1. The molecule has 1 fully saturated rings. The zero-order valence-electron chi connectivity index (χ0n) is 16.3. The molecule has 0 aliphatic carbocycles. The van der Waals surface area contributed by atoms with E-state index in [1.807, 2.05) is 42.6 Å². The minimum absolute atomic E-state index is 0.105. The standard InChI is InChI=1S/C19H25ClN4O3S/c1-13-16(14(2)24(22-13)15-8-9-28(26,27)12-15)10-23(3)11-19(25)21-18-7-5-4-6-17(18)20/h4-7,15H,8-12H2,1-3H3,(H,21,25)/t15-/m1/s1. The maximum atomic E-state index is 12.3. The lowest BCUT2D eigenvalue weighted by atomic mass is 10.1. The zero-order chi connectivity index (χ0) is 20.5. The predicted molar refractivity (Wildman–Crippen MR) is 110 cm³/mol. The summed E-state index contributed by atoms with van der Waals surface area (Å²) in [4.78, 5) is 14.2. The topological polar surface area (TPSA) is 84.3 Å². The van der Waals surface area contributed by atoms with Gasteiger partial charge in [-0.1, -0.05) is 23.7 Å². The molecule has 1 N–H and O–H groups in total. The van der Waals surface area contributed by atoms with Gasteiger partial charge in [-0.2, -0.15) is 5.10 Å². The normalized spacial score (nSPS) is 18.5. The van der Waals surface area contributed by atoms with E-state index in [4.69, 9.17) is 11.6 Å². The maximum absolute atomic E-state index is 12.3. The molecular formula is C19H25ClN4O3S. The number of carbonyl (C=O) groups excluding carboxylic acids is 1. The number of halogens is 1. The van der Waals surface area contributed by atoms with E-state index in [1.54, 1.807) is 12.1 Å². The van der Waals surface area contributed by atoms with Crippen LogP contribution in [0, 0.1) is 13.8 Å². The van der Waals surface area contributed by atoms with E-state index in [0.717, 1.165) is 17.0 Å². The van der Waals surface area contributed by atoms with E-state index in [9.17, 15) is 13.2 Å². The van der Waals surface area contributed by atoms with Crippen LogP contribution in [0.2, 0.25) is 5.02 Å². The number of carbonyl (C=O) groups is 1. The molecular weight excluding hydrogens is 400 g/mol. The van der Waals surface area contributed by atoms with Gasteiger partial charge in [0.2, 0.25) is 5.91 Å². The average Bonchev–Trinajstić information content (AvgIpc) is 3.10. The van der Waals surface area contributed by atoms with E-state index in [0.29, 0.717) is 23.7 Å². The molecule has 0 radical (unpaired) electrons. The van der Waals surface area contributed by atoms with Gasteiger partial charge >= 0.3 is 0 Å². The molecule has 0 saturated carbocycles. The number of hydrogen-bond donors (Lipinski definition) is 1. The Morgan fingerprint density at radius 3 is 2.71 bits per heavy atom. The first-order chi connectivity index (χ1) is 13.2. The molecule has 1 aliphatic heterocycles. The number of aromatic nitrogens is 2. The Morgan fingerprint density at radius 1 is 1.36 bits per heavy atom. The van der Waals surface area contributed by atoms with Crippen molar-refractivity contribution in [3.8, 4) is 0 Å². The second kappa shape index (κ2) is 8.23. The molecule has 9 heteroatoms. The molecule has 1 amide bonds. The third kappa shape index (κ3) is 4.74. The summed E-state index contributed by atoms with van der Waals surface area (Å²) in [7, 11) is -1.11. The molecule has 1 atom stereocenters. The van der Waals surface area contributed by atoms with Crippen molar-refractivity contribution >= 4 is 33.0 Å². The Labute approximate surface area is 170 Å². The van der Waals surface area contributed by atoms with Gasteiger partial charge in [0, 0.05) is 17.8 Å². The smallest absolute Gasteiger partial charge is 0.238 e. The Morgan fingerprint density at radius 2 is 2.07 bits per heavy atom. The number of amides is 1. The number of para-hydroxylation sites is 1. The van der Waals surface area contributed by atoms with Gasteiger partial charge in [-0.3, -0.25) is 14.4 Å². The first kappa shape index (κ1) is 20.8. The maximum Gasteiger partial charge on any atom is 0.238 e. The highest BCUT2D eigenvalue weighted by molar-refractivity contribution is 7.91. The summed E-state index contributed by atoms with van der Waals surface area (Å²) in [6, 6.07) is 7.00. The second-order valence-electron chi connectivity index (χ2n) is 7.35. The number of benzene rings is 1. The van der Waals surface area contributed by atoms with Crippen molar-refractivity contribution in [3.05, 3.63) is 46.2 Å². The SMILES string of the molecule is Cc1nn([C@@H]2CCS(=O)(=O)C2)c(C)c1CN(C)CC(=O)Nc1ccccc1Cl. The number of hydrogen-bond acceptors (Lipinski definition) is 5. The third-order valence-electron chi connectivity index (χ3n) is 5.02. The van der Waals surface area contributed by atoms with Gasteiger partial charge < -0.3 is 5.32 Å². The first-order valence-corrected chi connectivity index (χ1v) is 11.3. The van der Waals surface area contributed by atoms with E-state index in [-0.39, 0.29) is 30.0 Å². The molecule has 1 saturated heterocycles. The van der Waals surface area contributed by atoms with Crippen LogP contribution in [0.1, 0.15) is 29.4 Å². The number of rotatable bonds is 6. The van der Waals surface area contributed by atoms with Crippen molar-refractivity contribution in [3.63, 3.8) is 0 Å². The van der Waals surface area contributed by atoms with E-state index >= 15 is 0 Å². The summed E-state index contributed by atoms with van der Waals surface area (Å²) in [5.74, 6) is 0.206. The quantitative estimate of drug-likeness (QED) is 0.770. The molecule has 28 heavy (non-hydrogen) atoms. The molecule has 0 spiro atoms. The molecule has 0 unspecified atom stereocenters. The van der Waals surface area contributed by atoms with Crippen LogP contribution in [0.15, 0.2) is 24.3 Å². The van der Waals surface area contributed by atoms with E-state index in [2.05, 4.69) is 10.4 Å². The summed E-state index contributed by atoms with van der Waals surface area (Å²) < 4.78 is 25.4. The lowest BCUT2D eigenvalue weighted by Gasteiger charge is -2.17. The van der Waals surface area contributed by atoms with Crippen molar-refractivity contribution in [2.45, 2.75) is 32.9 Å². The van der Waals surface area contributed by atoms with Crippen LogP contribution in [-0.2, 0) is 21.2 Å². The monoisotopic (exact) mass is 424 g/mol. The highest BCUT2D eigenvalue weighted by Crippen LogP contribution is 2.27. The number of likely N-dealkylation sites (N-methyl/N-ethyl adjacent to an activating group) is 1. The van der Waals surface area contributed by atoms with E-state index < -0.39 is 9.84 Å². The summed E-state index contributed by atoms with van der Waals surface area (Å²) in [6.07, 6.45) is 0.597. The lowest BCUT2D eigenvalue weighted by molar-refractivity contribution is -0.117. The number of nitrogens with one attached hydrogen (secondary N) is 1. The fourth-order valence-corrected chi connectivity index (χ4v) is 5.45. The Hall–Kier alpha value is -1.90. The van der Waals surface area contributed by atoms with Crippen LogP contribution in [0.3, 0.4) is 0 Å². The summed E-state index contributed by atoms with van der Waals surface area (Å²) >= 11 is 6.08. The lowest BCUT2D eigenvalue weighted by Crippen LogP contribution is -2.30. The highest BCUT2D eigenvalue weighted by Gasteiger charge is 2.31. The summed E-state index contributed by atoms with van der Waals surface area (Å²) in [6.45, 7) is 4.62. The van der Waals surface area contributed by atoms with Gasteiger partial charge in [-0.05, 0) is 39.4 Å². The van der Waals surface area contributed by atoms with Crippen molar-refractivity contribution in [2.24, 2.45) is 0 Å². The number of anilines is 1. The van der Waals surface area contributed by atoms with Gasteiger partial charge in [0.05, 0.1) is 40.5 Å². The fourth-order valence-electron chi connectivity index (χ4n) is 3.57. The van der Waals surface area contributed by atoms with Crippen LogP contribution in [0.25, 0.3) is 0 Å². The molecule has 7 nitrogen and oxygen atoms in total. The number of aryl methyl sites for hydroxylation is 1. The molecule has 1 aromatic carbocycles. The van der Waals surface area contributed by atoms with E-state index in [1.165, 1.54) is 0 Å². The minimum atomic E-state index is -2.97. The zero-order valence-corrected chi connectivity index (χ0v) is 17.8. The van der Waals surface area contributed by atoms with Crippen molar-refractivity contribution in [1.82, 2.24) is 14.7 Å². The van der Waals surface area contributed by atoms with Gasteiger partial charge in [0.15, 0.2) is 9.84 Å². The Bertz CT molecular complexity index is 987. The van der Waals surface area contributed by atoms with Crippen LogP contribution in [0.5, 0.6) is 0 Å². The van der Waals surface area contributed by atoms with Crippen LogP contribution < -0.4 is 5.32 Å². The van der Waals surface area contributed by atoms with Crippen LogP contribution >= 0.6 is 11.6 Å². The summed E-state index contributed by atoms with van der Waals surface area (Å²) in [5.41, 5.74) is 3.43. The van der Waals surface area contributed by atoms with Crippen molar-refractivity contribution < 1.29 is 13.2 Å².